The van der Waals surface area contributed by atoms with Crippen molar-refractivity contribution in [2.75, 3.05) is 13.2 Å². The van der Waals surface area contributed by atoms with Crippen LogP contribution in [0.1, 0.15) is 52.9 Å². The molecule has 11 heteroatoms. The summed E-state index contributed by atoms with van der Waals surface area (Å²) in [6.45, 7) is 8.93. The second kappa shape index (κ2) is 9.21. The number of ether oxygens (including phenoxy) is 4. The van der Waals surface area contributed by atoms with Crippen molar-refractivity contribution in [1.82, 2.24) is 4.67 Å². The van der Waals surface area contributed by atoms with Crippen molar-refractivity contribution in [3.8, 4) is 0 Å². The van der Waals surface area contributed by atoms with Crippen molar-refractivity contribution in [3.05, 3.63) is 0 Å². The van der Waals surface area contributed by atoms with E-state index in [-0.39, 0.29) is 55.6 Å². The van der Waals surface area contributed by atoms with Crippen molar-refractivity contribution in [2.24, 2.45) is 0 Å². The first kappa shape index (κ1) is 20.7. The molecule has 175 valence electrons. The molecule has 5 rings (SSSR count). The number of hydrogen-bond donors (Lipinski definition) is 0. The summed E-state index contributed by atoms with van der Waals surface area (Å²) in [4.78, 5) is 0. The van der Waals surface area contributed by atoms with E-state index < -0.39 is 23.2 Å². The summed E-state index contributed by atoms with van der Waals surface area (Å²) in [5.74, 6) is -0.499. The lowest BCUT2D eigenvalue weighted by Crippen LogP contribution is -2.49. The van der Waals surface area contributed by atoms with Gasteiger partial charge >= 0.3 is 0 Å². The summed E-state index contributed by atoms with van der Waals surface area (Å²) in [5.41, 5.74) is 0. The van der Waals surface area contributed by atoms with Crippen LogP contribution in [0.5, 0.6) is 0 Å². The van der Waals surface area contributed by atoms with Crippen LogP contribution in [0, 0.1) is 0 Å². The van der Waals surface area contributed by atoms with Crippen LogP contribution < -0.4 is 0 Å². The van der Waals surface area contributed by atoms with E-state index in [4.69, 9.17) is 35.0 Å². The van der Waals surface area contributed by atoms with Gasteiger partial charge in [-0.3, -0.25) is 0 Å². The molecule has 0 aromatic carbocycles. The summed E-state index contributed by atoms with van der Waals surface area (Å²) in [6, 6.07) is 0.223. The number of rotatable bonds is 7. The van der Waals surface area contributed by atoms with E-state index in [9.17, 15) is 0 Å². The molecule has 5 unspecified atom stereocenters. The Balaban J connectivity index is 1.26. The second-order valence-electron chi connectivity index (χ2n) is 9.67. The minimum absolute atomic E-state index is 0.0373. The topological polar surface area (TPSA) is 67.9 Å². The molecule has 1 aliphatic carbocycles. The molecule has 5 aliphatic rings. The van der Waals surface area contributed by atoms with E-state index in [0.717, 1.165) is 39.5 Å². The lowest BCUT2D eigenvalue weighted by molar-refractivity contribution is -0.231. The van der Waals surface area contributed by atoms with Gasteiger partial charge in [0.15, 0.2) is 12.1 Å². The first-order valence-electron chi connectivity index (χ1n) is 12.7. The van der Waals surface area contributed by atoms with Gasteiger partial charge in [-0.05, 0) is 34.9 Å². The average molecular weight is 475 g/mol. The maximum atomic E-state index is 8.12. The molecule has 9 atom stereocenters. The maximum Gasteiger partial charge on any atom is 0.259 e. The molecule has 0 aromatic heterocycles. The fourth-order valence-electron chi connectivity index (χ4n) is 5.23. The maximum absolute atomic E-state index is 8.12. The van der Waals surface area contributed by atoms with Gasteiger partial charge in [0.05, 0.1) is 18.8 Å². The first-order valence-corrected chi connectivity index (χ1v) is 14.7. The summed E-state index contributed by atoms with van der Waals surface area (Å²) < 4.78 is 61.7. The van der Waals surface area contributed by atoms with Gasteiger partial charge in [-0.15, -0.1) is 0 Å². The summed E-state index contributed by atoms with van der Waals surface area (Å²) in [7, 11) is -3.09. The Labute approximate surface area is 192 Å². The highest BCUT2D eigenvalue weighted by Gasteiger charge is 2.61. The predicted octanol–water partition coefficient (Wildman–Crippen LogP) is 2.06. The van der Waals surface area contributed by atoms with Gasteiger partial charge in [0.25, 0.3) is 8.53 Å². The molecule has 1 radical (unpaired) electrons. The van der Waals surface area contributed by atoms with Crippen molar-refractivity contribution < 1.29 is 32.4 Å². The molecular weight excluding hydrogens is 436 g/mol. The third-order valence-corrected chi connectivity index (χ3v) is 9.33. The molecule has 0 bridgehead atoms. The summed E-state index contributed by atoms with van der Waals surface area (Å²) >= 11 is 0. The lowest BCUT2D eigenvalue weighted by Gasteiger charge is -2.43. The molecule has 31 heavy (non-hydrogen) atoms. The van der Waals surface area contributed by atoms with Crippen molar-refractivity contribution in [2.45, 2.75) is 114 Å². The highest BCUT2D eigenvalue weighted by Crippen LogP contribution is 2.57. The van der Waals surface area contributed by atoms with Gasteiger partial charge < -0.3 is 32.4 Å². The van der Waals surface area contributed by atoms with Crippen LogP contribution in [0.15, 0.2) is 0 Å². The van der Waals surface area contributed by atoms with Crippen molar-refractivity contribution >= 4 is 24.8 Å². The van der Waals surface area contributed by atoms with Crippen LogP contribution in [0.25, 0.3) is 0 Å². The average Bonchev–Trinajstić information content (AvgIpc) is 3.51. The Hall–Kier alpha value is 0.392. The van der Waals surface area contributed by atoms with Crippen LogP contribution in [0.4, 0.5) is 0 Å². The van der Waals surface area contributed by atoms with Crippen LogP contribution in [-0.2, 0) is 32.4 Å². The molecular formula is C20H36BNO7PSi. The molecule has 1 saturated carbocycles. The standard InChI is InChI=1S/C20H36BNO7PSi/c1-12(2)22-10-15-17(18-19(25-15)27-20(26-18)7-5-6-8-20)29-30(22)28-14-9-13(3)24-16(14)11-23-31(4)21/h12-19,21,31H,5-11H2,1-4H3/t13?,14?,15-,16?,17+,18-,19-,30?,31?/m1/s1/i21T,31D. The molecule has 0 N–H and O–H groups in total. The number of nitrogens with zero attached hydrogens (tertiary/aromatic N) is 1. The SMILES string of the molecule is [2H][Si](C)([B][3H])OCC1OC(C)CC1OP1O[C@@H]2[C@H]3OC4(CCCC4)O[C@H]3O[C@@H]2CN1C(C)C. The molecule has 4 heterocycles. The van der Waals surface area contributed by atoms with Crippen LogP contribution >= 0.6 is 8.53 Å². The quantitative estimate of drug-likeness (QED) is 0.410. The van der Waals surface area contributed by atoms with Crippen LogP contribution in [-0.4, -0.2) is 91.4 Å². The van der Waals surface area contributed by atoms with Crippen molar-refractivity contribution in [3.63, 3.8) is 0 Å². The fourth-order valence-corrected chi connectivity index (χ4v) is 7.54. The largest absolute Gasteiger partial charge is 0.427 e. The highest BCUT2D eigenvalue weighted by molar-refractivity contribution is 7.44. The highest BCUT2D eigenvalue weighted by atomic mass is 31.2. The van der Waals surface area contributed by atoms with Gasteiger partial charge in [-0.25, -0.2) is 4.67 Å². The van der Waals surface area contributed by atoms with Crippen molar-refractivity contribution in [1.29, 1.82) is 2.57 Å². The fraction of sp³-hybridized carbons (Fsp3) is 1.00. The Morgan fingerprint density at radius 3 is 2.87 bits per heavy atom. The Morgan fingerprint density at radius 1 is 1.32 bits per heavy atom. The Kier molecular flexibility index (Phi) is 6.16. The van der Waals surface area contributed by atoms with Gasteiger partial charge in [0.2, 0.25) is 0 Å². The Bertz CT molecular complexity index is 709. The minimum Gasteiger partial charge on any atom is -0.427 e. The molecule has 0 amide bonds. The van der Waals surface area contributed by atoms with E-state index in [2.05, 4.69) is 18.5 Å². The zero-order chi connectivity index (χ0) is 23.4. The smallest absolute Gasteiger partial charge is 0.259 e. The van der Waals surface area contributed by atoms with E-state index in [1.165, 1.54) is 0 Å². The van der Waals surface area contributed by atoms with Gasteiger partial charge in [0, 0.05) is 33.1 Å². The predicted molar refractivity (Wildman–Crippen MR) is 119 cm³/mol. The summed E-state index contributed by atoms with van der Waals surface area (Å²) in [5, 5.41) is 0. The zero-order valence-electron chi connectivity index (χ0n) is 20.9. The minimum atomic E-state index is -2.86. The van der Waals surface area contributed by atoms with E-state index >= 15 is 0 Å². The molecule has 5 fully saturated rings. The van der Waals surface area contributed by atoms with Gasteiger partial charge in [0.1, 0.15) is 40.7 Å². The van der Waals surface area contributed by atoms with Crippen LogP contribution in [0.2, 0.25) is 6.55 Å². The monoisotopic (exact) mass is 475 g/mol. The van der Waals surface area contributed by atoms with E-state index in [1.54, 1.807) is 6.55 Å². The molecule has 1 spiro atoms. The third kappa shape index (κ3) is 4.67. The molecule has 0 aromatic rings. The number of fused-ring (bicyclic) bond motifs is 3. The van der Waals surface area contributed by atoms with E-state index in [1.807, 2.05) is 6.92 Å². The second-order valence-corrected chi connectivity index (χ2v) is 12.6. The molecule has 8 nitrogen and oxygen atoms in total. The lowest BCUT2D eigenvalue weighted by atomic mass is 10.1. The number of hydrogen-bond acceptors (Lipinski definition) is 8. The van der Waals surface area contributed by atoms with Crippen LogP contribution in [0.3, 0.4) is 0 Å². The third-order valence-electron chi connectivity index (χ3n) is 6.79. The zero-order valence-corrected chi connectivity index (χ0v) is 20.8. The van der Waals surface area contributed by atoms with E-state index in [0.29, 0.717) is 6.54 Å². The first-order chi connectivity index (χ1) is 15.7. The van der Waals surface area contributed by atoms with Gasteiger partial charge in [-0.2, -0.15) is 0 Å². The molecule has 4 aliphatic heterocycles. The Morgan fingerprint density at radius 2 is 2.13 bits per heavy atom. The normalized spacial score (nSPS) is 47.3. The van der Waals surface area contributed by atoms with Gasteiger partial charge in [-0.1, -0.05) is 6.55 Å². The summed E-state index contributed by atoms with van der Waals surface area (Å²) in [6.07, 6.45) is 3.44. The molecule has 4 saturated heterocycles.